The van der Waals surface area contributed by atoms with E-state index in [0.29, 0.717) is 12.6 Å². The van der Waals surface area contributed by atoms with Crippen molar-refractivity contribution >= 4 is 5.97 Å². The van der Waals surface area contributed by atoms with Crippen molar-refractivity contribution in [2.24, 2.45) is 0 Å². The Morgan fingerprint density at radius 2 is 2.12 bits per heavy atom. The van der Waals surface area contributed by atoms with Crippen LogP contribution in [0.15, 0.2) is 11.6 Å². The zero-order valence-electron chi connectivity index (χ0n) is 10.4. The SMILES string of the molecule is CCCNC1CCC(=CC(=O)OCC)CC1. The van der Waals surface area contributed by atoms with Gasteiger partial charge in [-0.05, 0) is 45.6 Å². The lowest BCUT2D eigenvalue weighted by atomic mass is 9.90. The van der Waals surface area contributed by atoms with Crippen molar-refractivity contribution < 1.29 is 9.53 Å². The molecule has 1 saturated carbocycles. The van der Waals surface area contributed by atoms with E-state index >= 15 is 0 Å². The minimum absolute atomic E-state index is 0.183. The molecule has 16 heavy (non-hydrogen) atoms. The van der Waals surface area contributed by atoms with Crippen LogP contribution in [0, 0.1) is 0 Å². The minimum Gasteiger partial charge on any atom is -0.463 e. The van der Waals surface area contributed by atoms with Crippen LogP contribution in [-0.2, 0) is 9.53 Å². The Labute approximate surface area is 98.2 Å². The third-order valence-corrected chi connectivity index (χ3v) is 2.92. The number of esters is 1. The predicted octanol–water partition coefficient (Wildman–Crippen LogP) is 2.42. The Kier molecular flexibility index (Phi) is 6.16. The van der Waals surface area contributed by atoms with Gasteiger partial charge in [0.2, 0.25) is 0 Å². The predicted molar refractivity (Wildman–Crippen MR) is 65.3 cm³/mol. The first-order valence-electron chi connectivity index (χ1n) is 6.35. The third-order valence-electron chi connectivity index (χ3n) is 2.92. The number of carbonyl (C=O) groups is 1. The van der Waals surface area contributed by atoms with Crippen LogP contribution >= 0.6 is 0 Å². The summed E-state index contributed by atoms with van der Waals surface area (Å²) >= 11 is 0. The Morgan fingerprint density at radius 3 is 2.69 bits per heavy atom. The summed E-state index contributed by atoms with van der Waals surface area (Å²) in [5.74, 6) is -0.183. The summed E-state index contributed by atoms with van der Waals surface area (Å²) < 4.78 is 4.91. The van der Waals surface area contributed by atoms with Crippen LogP contribution < -0.4 is 5.32 Å². The van der Waals surface area contributed by atoms with Crippen molar-refractivity contribution in [2.45, 2.75) is 52.0 Å². The second kappa shape index (κ2) is 7.44. The molecule has 0 aromatic heterocycles. The first kappa shape index (κ1) is 13.2. The summed E-state index contributed by atoms with van der Waals surface area (Å²) in [5.41, 5.74) is 1.24. The lowest BCUT2D eigenvalue weighted by Crippen LogP contribution is -2.32. The Balaban J connectivity index is 2.28. The van der Waals surface area contributed by atoms with E-state index in [1.165, 1.54) is 12.0 Å². The fourth-order valence-electron chi connectivity index (χ4n) is 2.04. The first-order chi connectivity index (χ1) is 7.76. The molecule has 3 nitrogen and oxygen atoms in total. The first-order valence-corrected chi connectivity index (χ1v) is 6.35. The number of nitrogens with one attached hydrogen (secondary N) is 1. The molecule has 0 bridgehead atoms. The van der Waals surface area contributed by atoms with E-state index < -0.39 is 0 Å². The zero-order valence-corrected chi connectivity index (χ0v) is 10.4. The van der Waals surface area contributed by atoms with E-state index in [4.69, 9.17) is 4.74 Å². The van der Waals surface area contributed by atoms with Crippen LogP contribution in [0.5, 0.6) is 0 Å². The molecule has 1 aliphatic carbocycles. The number of hydrogen-bond donors (Lipinski definition) is 1. The fraction of sp³-hybridized carbons (Fsp3) is 0.769. The smallest absolute Gasteiger partial charge is 0.330 e. The van der Waals surface area contributed by atoms with Crippen molar-refractivity contribution in [3.8, 4) is 0 Å². The molecule has 0 radical (unpaired) electrons. The van der Waals surface area contributed by atoms with Gasteiger partial charge in [-0.15, -0.1) is 0 Å². The highest BCUT2D eigenvalue weighted by Gasteiger charge is 2.16. The third kappa shape index (κ3) is 4.79. The molecule has 0 aromatic rings. The molecule has 92 valence electrons. The summed E-state index contributed by atoms with van der Waals surface area (Å²) in [4.78, 5) is 11.3. The topological polar surface area (TPSA) is 38.3 Å². The van der Waals surface area contributed by atoms with Crippen LogP contribution in [0.1, 0.15) is 46.0 Å². The summed E-state index contributed by atoms with van der Waals surface area (Å²) in [6, 6.07) is 0.638. The van der Waals surface area contributed by atoms with Crippen LogP contribution in [0.25, 0.3) is 0 Å². The van der Waals surface area contributed by atoms with Crippen LogP contribution in [0.2, 0.25) is 0 Å². The van der Waals surface area contributed by atoms with E-state index in [2.05, 4.69) is 12.2 Å². The summed E-state index contributed by atoms with van der Waals surface area (Å²) in [6.07, 6.45) is 7.21. The van der Waals surface area contributed by atoms with E-state index in [1.807, 2.05) is 6.92 Å². The average Bonchev–Trinajstić information content (AvgIpc) is 2.28. The van der Waals surface area contributed by atoms with E-state index in [1.54, 1.807) is 6.08 Å². The molecule has 3 heteroatoms. The van der Waals surface area contributed by atoms with Crippen LogP contribution in [0.4, 0.5) is 0 Å². The molecule has 1 N–H and O–H groups in total. The highest BCUT2D eigenvalue weighted by atomic mass is 16.5. The van der Waals surface area contributed by atoms with Gasteiger partial charge in [-0.2, -0.15) is 0 Å². The quantitative estimate of drug-likeness (QED) is 0.577. The monoisotopic (exact) mass is 225 g/mol. The molecular weight excluding hydrogens is 202 g/mol. The van der Waals surface area contributed by atoms with Gasteiger partial charge in [0.15, 0.2) is 0 Å². The molecule has 0 atom stereocenters. The Morgan fingerprint density at radius 1 is 1.44 bits per heavy atom. The van der Waals surface area contributed by atoms with Crippen LogP contribution in [0.3, 0.4) is 0 Å². The maximum absolute atomic E-state index is 11.3. The van der Waals surface area contributed by atoms with Crippen molar-refractivity contribution in [2.75, 3.05) is 13.2 Å². The molecule has 1 rings (SSSR count). The normalized spacial score (nSPS) is 20.6. The molecule has 0 saturated heterocycles. The Bertz CT molecular complexity index is 238. The summed E-state index contributed by atoms with van der Waals surface area (Å²) in [5, 5.41) is 3.53. The lowest BCUT2D eigenvalue weighted by Gasteiger charge is -2.24. The van der Waals surface area contributed by atoms with Crippen molar-refractivity contribution in [3.63, 3.8) is 0 Å². The summed E-state index contributed by atoms with van der Waals surface area (Å²) in [6.45, 7) is 5.58. The number of carbonyl (C=O) groups excluding carboxylic acids is 1. The fourth-order valence-corrected chi connectivity index (χ4v) is 2.04. The molecule has 0 aromatic carbocycles. The van der Waals surface area contributed by atoms with E-state index in [9.17, 15) is 4.79 Å². The van der Waals surface area contributed by atoms with Gasteiger partial charge in [0.1, 0.15) is 0 Å². The highest BCUT2D eigenvalue weighted by Crippen LogP contribution is 2.23. The number of rotatable bonds is 5. The molecule has 1 aliphatic rings. The van der Waals surface area contributed by atoms with Gasteiger partial charge >= 0.3 is 5.97 Å². The van der Waals surface area contributed by atoms with Crippen molar-refractivity contribution in [3.05, 3.63) is 11.6 Å². The molecule has 0 amide bonds. The molecule has 0 unspecified atom stereocenters. The number of allylic oxidation sites excluding steroid dienone is 1. The van der Waals surface area contributed by atoms with Gasteiger partial charge in [0, 0.05) is 12.1 Å². The van der Waals surface area contributed by atoms with Gasteiger partial charge in [-0.25, -0.2) is 4.79 Å². The highest BCUT2D eigenvalue weighted by molar-refractivity contribution is 5.82. The van der Waals surface area contributed by atoms with Crippen molar-refractivity contribution in [1.29, 1.82) is 0 Å². The molecule has 1 fully saturated rings. The van der Waals surface area contributed by atoms with Gasteiger partial charge in [-0.3, -0.25) is 0 Å². The number of ether oxygens (including phenoxy) is 1. The molecule has 0 heterocycles. The van der Waals surface area contributed by atoms with E-state index in [0.717, 1.165) is 32.2 Å². The average molecular weight is 225 g/mol. The van der Waals surface area contributed by atoms with Crippen LogP contribution in [-0.4, -0.2) is 25.2 Å². The van der Waals surface area contributed by atoms with Gasteiger partial charge in [0.05, 0.1) is 6.61 Å². The maximum Gasteiger partial charge on any atom is 0.330 e. The molecule has 0 spiro atoms. The van der Waals surface area contributed by atoms with Gasteiger partial charge < -0.3 is 10.1 Å². The van der Waals surface area contributed by atoms with Gasteiger partial charge in [0.25, 0.3) is 0 Å². The van der Waals surface area contributed by atoms with Crippen molar-refractivity contribution in [1.82, 2.24) is 5.32 Å². The second-order valence-electron chi connectivity index (χ2n) is 4.28. The number of hydrogen-bond acceptors (Lipinski definition) is 3. The molecule has 0 aliphatic heterocycles. The maximum atomic E-state index is 11.3. The standard InChI is InChI=1S/C13H23NO2/c1-3-9-14-12-7-5-11(6-8-12)10-13(15)16-4-2/h10,12,14H,3-9H2,1-2H3. The Hall–Kier alpha value is -0.830. The largest absolute Gasteiger partial charge is 0.463 e. The lowest BCUT2D eigenvalue weighted by molar-refractivity contribution is -0.137. The molecular formula is C13H23NO2. The minimum atomic E-state index is -0.183. The second-order valence-corrected chi connectivity index (χ2v) is 4.28. The van der Waals surface area contributed by atoms with E-state index in [-0.39, 0.29) is 5.97 Å². The summed E-state index contributed by atoms with van der Waals surface area (Å²) in [7, 11) is 0. The zero-order chi connectivity index (χ0) is 11.8. The van der Waals surface area contributed by atoms with Gasteiger partial charge in [-0.1, -0.05) is 12.5 Å².